The maximum Gasteiger partial charge on any atom is 0.322 e. The molecule has 6 heteroatoms. The van der Waals surface area contributed by atoms with Gasteiger partial charge in [0, 0.05) is 31.9 Å². The van der Waals surface area contributed by atoms with Crippen LogP contribution in [0.15, 0.2) is 24.3 Å². The molecule has 1 aromatic carbocycles. The van der Waals surface area contributed by atoms with Crippen LogP contribution in [0.5, 0.6) is 0 Å². The summed E-state index contributed by atoms with van der Waals surface area (Å²) in [5.41, 5.74) is 6.29. The van der Waals surface area contributed by atoms with Gasteiger partial charge in [0.15, 0.2) is 0 Å². The Morgan fingerprint density at radius 1 is 1.42 bits per heavy atom. The monoisotopic (exact) mass is 266 g/mol. The van der Waals surface area contributed by atoms with E-state index >= 15 is 0 Å². The number of amides is 2. The highest BCUT2D eigenvalue weighted by atomic mass is 19.1. The van der Waals surface area contributed by atoms with E-state index in [0.29, 0.717) is 18.8 Å². The normalized spacial score (nSPS) is 20.4. The number of nitrogens with one attached hydrogen (secondary N) is 1. The predicted molar refractivity (Wildman–Crippen MR) is 72.5 cm³/mol. The van der Waals surface area contributed by atoms with Gasteiger partial charge in [0.05, 0.1) is 6.04 Å². The minimum Gasteiger partial charge on any atom is -0.328 e. The highest BCUT2D eigenvalue weighted by Crippen LogP contribution is 2.13. The van der Waals surface area contributed by atoms with Gasteiger partial charge in [-0.25, -0.2) is 9.18 Å². The second kappa shape index (κ2) is 5.99. The van der Waals surface area contributed by atoms with E-state index in [2.05, 4.69) is 10.2 Å². The lowest BCUT2D eigenvalue weighted by Gasteiger charge is -2.39. The Labute approximate surface area is 112 Å². The van der Waals surface area contributed by atoms with Gasteiger partial charge in [-0.1, -0.05) is 0 Å². The van der Waals surface area contributed by atoms with E-state index < -0.39 is 0 Å². The number of piperazine rings is 1. The van der Waals surface area contributed by atoms with Crippen LogP contribution < -0.4 is 11.1 Å². The largest absolute Gasteiger partial charge is 0.328 e. The van der Waals surface area contributed by atoms with E-state index in [0.717, 1.165) is 13.1 Å². The summed E-state index contributed by atoms with van der Waals surface area (Å²) in [7, 11) is 2.01. The van der Waals surface area contributed by atoms with E-state index in [9.17, 15) is 9.18 Å². The lowest BCUT2D eigenvalue weighted by molar-refractivity contribution is 0.120. The van der Waals surface area contributed by atoms with Crippen LogP contribution in [0.3, 0.4) is 0 Å². The topological polar surface area (TPSA) is 61.6 Å². The average Bonchev–Trinajstić information content (AvgIpc) is 2.41. The zero-order valence-electron chi connectivity index (χ0n) is 11.0. The summed E-state index contributed by atoms with van der Waals surface area (Å²) in [4.78, 5) is 16.1. The summed E-state index contributed by atoms with van der Waals surface area (Å²) in [6.45, 7) is 2.67. The fraction of sp³-hybridized carbons (Fsp3) is 0.462. The van der Waals surface area contributed by atoms with Crippen molar-refractivity contribution in [1.82, 2.24) is 9.80 Å². The molecule has 2 amide bonds. The summed E-state index contributed by atoms with van der Waals surface area (Å²) >= 11 is 0. The summed E-state index contributed by atoms with van der Waals surface area (Å²) < 4.78 is 12.8. The summed E-state index contributed by atoms with van der Waals surface area (Å²) in [6.07, 6.45) is 0. The van der Waals surface area contributed by atoms with Gasteiger partial charge in [-0.3, -0.25) is 0 Å². The number of hydrogen-bond donors (Lipinski definition) is 2. The Kier molecular flexibility index (Phi) is 4.34. The third kappa shape index (κ3) is 3.42. The number of anilines is 1. The van der Waals surface area contributed by atoms with Crippen molar-refractivity contribution in [2.45, 2.75) is 6.04 Å². The minimum atomic E-state index is -0.322. The molecular weight excluding hydrogens is 247 g/mol. The van der Waals surface area contributed by atoms with E-state index in [1.54, 1.807) is 17.0 Å². The molecule has 1 atom stereocenters. The molecule has 1 saturated heterocycles. The number of hydrogen-bond acceptors (Lipinski definition) is 3. The third-order valence-electron chi connectivity index (χ3n) is 3.31. The second-order valence-electron chi connectivity index (χ2n) is 4.78. The molecule has 3 N–H and O–H groups in total. The molecule has 1 aliphatic heterocycles. The molecule has 1 fully saturated rings. The lowest BCUT2D eigenvalue weighted by atomic mass is 10.2. The Bertz CT molecular complexity index is 437. The van der Waals surface area contributed by atoms with Crippen LogP contribution in [0.1, 0.15) is 0 Å². The van der Waals surface area contributed by atoms with Crippen LogP contribution in [0.25, 0.3) is 0 Å². The molecule has 1 heterocycles. The molecular formula is C13H19FN4O. The van der Waals surface area contributed by atoms with Gasteiger partial charge >= 0.3 is 6.03 Å². The Balaban J connectivity index is 2.00. The zero-order chi connectivity index (χ0) is 13.8. The molecule has 1 aromatic rings. The van der Waals surface area contributed by atoms with Crippen LogP contribution in [0, 0.1) is 5.82 Å². The number of carbonyl (C=O) groups is 1. The SMILES string of the molecule is CN1CCN(C(=O)Nc2ccc(F)cc2)C(CN)C1. The number of urea groups is 1. The first kappa shape index (κ1) is 13.8. The molecule has 0 spiro atoms. The first-order valence-corrected chi connectivity index (χ1v) is 6.32. The molecule has 1 unspecified atom stereocenters. The van der Waals surface area contributed by atoms with E-state index in [4.69, 9.17) is 5.73 Å². The van der Waals surface area contributed by atoms with Gasteiger partial charge < -0.3 is 20.9 Å². The third-order valence-corrected chi connectivity index (χ3v) is 3.31. The van der Waals surface area contributed by atoms with Crippen molar-refractivity contribution in [3.8, 4) is 0 Å². The summed E-state index contributed by atoms with van der Waals surface area (Å²) in [5, 5.41) is 2.76. The maximum absolute atomic E-state index is 12.8. The summed E-state index contributed by atoms with van der Waals surface area (Å²) in [6, 6.07) is 5.55. The summed E-state index contributed by atoms with van der Waals surface area (Å²) in [5.74, 6) is -0.322. The number of likely N-dealkylation sites (N-methyl/N-ethyl adjacent to an activating group) is 1. The smallest absolute Gasteiger partial charge is 0.322 e. The molecule has 1 aliphatic rings. The van der Waals surface area contributed by atoms with Gasteiger partial charge in [-0.15, -0.1) is 0 Å². The molecule has 0 radical (unpaired) electrons. The van der Waals surface area contributed by atoms with Gasteiger partial charge in [0.1, 0.15) is 5.82 Å². The molecule has 19 heavy (non-hydrogen) atoms. The van der Waals surface area contributed by atoms with Crippen LogP contribution in [0.2, 0.25) is 0 Å². The number of halogens is 1. The van der Waals surface area contributed by atoms with E-state index in [1.807, 2.05) is 7.05 Å². The zero-order valence-corrected chi connectivity index (χ0v) is 11.0. The first-order valence-electron chi connectivity index (χ1n) is 6.32. The Hall–Kier alpha value is -1.66. The molecule has 0 aliphatic carbocycles. The van der Waals surface area contributed by atoms with Crippen LogP contribution in [-0.4, -0.2) is 55.1 Å². The fourth-order valence-corrected chi connectivity index (χ4v) is 2.21. The maximum atomic E-state index is 12.8. The number of nitrogens with zero attached hydrogens (tertiary/aromatic N) is 2. The number of benzene rings is 1. The highest BCUT2D eigenvalue weighted by molar-refractivity contribution is 5.89. The van der Waals surface area contributed by atoms with Crippen molar-refractivity contribution in [3.63, 3.8) is 0 Å². The molecule has 0 aromatic heterocycles. The molecule has 104 valence electrons. The second-order valence-corrected chi connectivity index (χ2v) is 4.78. The van der Waals surface area contributed by atoms with Crippen LogP contribution in [0.4, 0.5) is 14.9 Å². The van der Waals surface area contributed by atoms with Gasteiger partial charge in [0.2, 0.25) is 0 Å². The van der Waals surface area contributed by atoms with Gasteiger partial charge in [0.25, 0.3) is 0 Å². The molecule has 0 saturated carbocycles. The van der Waals surface area contributed by atoms with Gasteiger partial charge in [-0.2, -0.15) is 0 Å². The van der Waals surface area contributed by atoms with Crippen LogP contribution in [-0.2, 0) is 0 Å². The van der Waals surface area contributed by atoms with Crippen molar-refractivity contribution < 1.29 is 9.18 Å². The van der Waals surface area contributed by atoms with Gasteiger partial charge in [-0.05, 0) is 31.3 Å². The average molecular weight is 266 g/mol. The lowest BCUT2D eigenvalue weighted by Crippen LogP contribution is -2.57. The standard InChI is InChI=1S/C13H19FN4O/c1-17-6-7-18(12(8-15)9-17)13(19)16-11-4-2-10(14)3-5-11/h2-5,12H,6-9,15H2,1H3,(H,16,19). The Morgan fingerprint density at radius 3 is 2.74 bits per heavy atom. The highest BCUT2D eigenvalue weighted by Gasteiger charge is 2.27. The fourth-order valence-electron chi connectivity index (χ4n) is 2.21. The van der Waals surface area contributed by atoms with E-state index in [1.165, 1.54) is 12.1 Å². The minimum absolute atomic E-state index is 0.0131. The van der Waals surface area contributed by atoms with Crippen molar-refractivity contribution in [2.75, 3.05) is 38.5 Å². The molecule has 0 bridgehead atoms. The van der Waals surface area contributed by atoms with Crippen molar-refractivity contribution in [2.24, 2.45) is 5.73 Å². The quantitative estimate of drug-likeness (QED) is 0.837. The molecule has 5 nitrogen and oxygen atoms in total. The van der Waals surface area contributed by atoms with Crippen molar-refractivity contribution in [3.05, 3.63) is 30.1 Å². The predicted octanol–water partition coefficient (Wildman–Crippen LogP) is 0.932. The Morgan fingerprint density at radius 2 is 2.11 bits per heavy atom. The molecule has 2 rings (SSSR count). The number of nitrogens with two attached hydrogens (primary N) is 1. The van der Waals surface area contributed by atoms with Crippen molar-refractivity contribution in [1.29, 1.82) is 0 Å². The number of rotatable bonds is 2. The first-order chi connectivity index (χ1) is 9.10. The van der Waals surface area contributed by atoms with E-state index in [-0.39, 0.29) is 17.9 Å². The number of carbonyl (C=O) groups excluding carboxylic acids is 1. The van der Waals surface area contributed by atoms with Crippen molar-refractivity contribution >= 4 is 11.7 Å². The van der Waals surface area contributed by atoms with Crippen LogP contribution >= 0.6 is 0 Å².